The number of carbonyl (C=O) groups excluding carboxylic acids is 2. The van der Waals surface area contributed by atoms with Crippen molar-refractivity contribution in [3.63, 3.8) is 0 Å². The Labute approximate surface area is 159 Å². The summed E-state index contributed by atoms with van der Waals surface area (Å²) in [5, 5.41) is 3.02. The smallest absolute Gasteiger partial charge is 0.414 e. The van der Waals surface area contributed by atoms with E-state index in [4.69, 9.17) is 21.7 Å². The molecule has 0 aromatic rings. The summed E-state index contributed by atoms with van der Waals surface area (Å²) in [4.78, 5) is 29.4. The molecule has 2 heterocycles. The van der Waals surface area contributed by atoms with Crippen LogP contribution in [-0.2, 0) is 14.3 Å². The second-order valence-corrected chi connectivity index (χ2v) is 7.57. The molecule has 2 saturated heterocycles. The van der Waals surface area contributed by atoms with E-state index in [9.17, 15) is 9.59 Å². The Morgan fingerprint density at radius 3 is 2.77 bits per heavy atom. The Balaban J connectivity index is 1.71. The number of hydrogen-bond acceptors (Lipinski definition) is 6. The zero-order valence-electron chi connectivity index (χ0n) is 15.2. The van der Waals surface area contributed by atoms with Crippen molar-refractivity contribution in [2.24, 2.45) is 0 Å². The van der Waals surface area contributed by atoms with Crippen molar-refractivity contribution in [1.29, 1.82) is 0 Å². The first-order valence-corrected chi connectivity index (χ1v) is 9.29. The molecule has 1 aliphatic carbocycles. The fourth-order valence-corrected chi connectivity index (χ4v) is 3.53. The van der Waals surface area contributed by atoms with E-state index >= 15 is 0 Å². The summed E-state index contributed by atoms with van der Waals surface area (Å²) in [5.74, 6) is 0.0489. The van der Waals surface area contributed by atoms with Crippen LogP contribution in [0.5, 0.6) is 0 Å². The first kappa shape index (κ1) is 19.0. The van der Waals surface area contributed by atoms with Crippen molar-refractivity contribution in [1.82, 2.24) is 15.1 Å². The third kappa shape index (κ3) is 3.97. The first-order valence-electron chi connectivity index (χ1n) is 8.88. The molecular formula is C18H25N3O4S. The number of amides is 1. The van der Waals surface area contributed by atoms with Crippen LogP contribution in [-0.4, -0.2) is 77.7 Å². The molecule has 142 valence electrons. The molecule has 0 aromatic carbocycles. The van der Waals surface area contributed by atoms with Crippen molar-refractivity contribution >= 4 is 29.1 Å². The van der Waals surface area contributed by atoms with Crippen LogP contribution >= 0.6 is 12.2 Å². The SMILES string of the molecule is CC(=S)NC[C@H]1CN(C2=CCC(C)(N3CCOCC3)C(=O)C=C2)C(=O)O1. The largest absolute Gasteiger partial charge is 0.442 e. The summed E-state index contributed by atoms with van der Waals surface area (Å²) < 4.78 is 10.8. The predicted molar refractivity (Wildman–Crippen MR) is 101 cm³/mol. The van der Waals surface area contributed by atoms with Gasteiger partial charge in [0, 0.05) is 18.8 Å². The summed E-state index contributed by atoms with van der Waals surface area (Å²) in [6.07, 6.45) is 5.14. The highest BCUT2D eigenvalue weighted by molar-refractivity contribution is 7.80. The fourth-order valence-electron chi connectivity index (χ4n) is 3.45. The Bertz CT molecular complexity index is 657. The molecule has 2 aliphatic heterocycles. The number of ether oxygens (including phenoxy) is 2. The number of ketones is 1. The van der Waals surface area contributed by atoms with Crippen LogP contribution in [0.1, 0.15) is 20.3 Å². The van der Waals surface area contributed by atoms with Crippen LogP contribution in [0.2, 0.25) is 0 Å². The maximum absolute atomic E-state index is 12.8. The van der Waals surface area contributed by atoms with Crippen molar-refractivity contribution in [3.8, 4) is 0 Å². The van der Waals surface area contributed by atoms with E-state index in [0.717, 1.165) is 13.1 Å². The molecule has 0 bridgehead atoms. The van der Waals surface area contributed by atoms with E-state index < -0.39 is 11.6 Å². The molecule has 2 fully saturated rings. The van der Waals surface area contributed by atoms with Crippen molar-refractivity contribution in [3.05, 3.63) is 23.9 Å². The van der Waals surface area contributed by atoms with Crippen LogP contribution in [0.4, 0.5) is 4.79 Å². The molecule has 2 atom stereocenters. The Morgan fingerprint density at radius 2 is 2.08 bits per heavy atom. The van der Waals surface area contributed by atoms with Gasteiger partial charge in [-0.1, -0.05) is 18.3 Å². The van der Waals surface area contributed by atoms with Gasteiger partial charge in [-0.15, -0.1) is 0 Å². The summed E-state index contributed by atoms with van der Waals surface area (Å²) in [5.41, 5.74) is 0.1000. The number of rotatable bonds is 4. The number of morpholine rings is 1. The van der Waals surface area contributed by atoms with Gasteiger partial charge in [-0.3, -0.25) is 14.6 Å². The third-order valence-electron chi connectivity index (χ3n) is 5.12. The topological polar surface area (TPSA) is 71.1 Å². The van der Waals surface area contributed by atoms with Gasteiger partial charge in [0.05, 0.1) is 36.8 Å². The molecule has 1 unspecified atom stereocenters. The lowest BCUT2D eigenvalue weighted by atomic mass is 9.90. The van der Waals surface area contributed by atoms with Gasteiger partial charge >= 0.3 is 6.09 Å². The van der Waals surface area contributed by atoms with Gasteiger partial charge in [-0.05, 0) is 32.4 Å². The lowest BCUT2D eigenvalue weighted by Crippen LogP contribution is -2.55. The van der Waals surface area contributed by atoms with E-state index in [1.807, 2.05) is 13.0 Å². The van der Waals surface area contributed by atoms with Gasteiger partial charge in [0.15, 0.2) is 5.78 Å². The number of cyclic esters (lactones) is 1. The minimum atomic E-state index is -0.610. The molecule has 7 nitrogen and oxygen atoms in total. The van der Waals surface area contributed by atoms with Gasteiger partial charge in [0.1, 0.15) is 6.10 Å². The molecule has 3 rings (SSSR count). The van der Waals surface area contributed by atoms with Gasteiger partial charge in [0.25, 0.3) is 0 Å². The summed E-state index contributed by atoms with van der Waals surface area (Å²) in [7, 11) is 0. The van der Waals surface area contributed by atoms with Crippen molar-refractivity contribution < 1.29 is 19.1 Å². The molecular weight excluding hydrogens is 354 g/mol. The highest BCUT2D eigenvalue weighted by atomic mass is 32.1. The van der Waals surface area contributed by atoms with Crippen molar-refractivity contribution in [2.75, 3.05) is 39.4 Å². The number of carbonyl (C=O) groups is 2. The molecule has 0 spiro atoms. The molecule has 1 N–H and O–H groups in total. The number of thiocarbonyl (C=S) groups is 1. The van der Waals surface area contributed by atoms with Gasteiger partial charge in [-0.2, -0.15) is 0 Å². The highest BCUT2D eigenvalue weighted by Crippen LogP contribution is 2.29. The van der Waals surface area contributed by atoms with Crippen LogP contribution < -0.4 is 5.32 Å². The van der Waals surface area contributed by atoms with E-state index in [1.165, 1.54) is 0 Å². The zero-order chi connectivity index (χ0) is 18.7. The van der Waals surface area contributed by atoms with Crippen molar-refractivity contribution in [2.45, 2.75) is 31.9 Å². The molecule has 0 saturated carbocycles. The highest BCUT2D eigenvalue weighted by Gasteiger charge is 2.40. The molecule has 8 heteroatoms. The quantitative estimate of drug-likeness (QED) is 0.737. The Morgan fingerprint density at radius 1 is 1.35 bits per heavy atom. The van der Waals surface area contributed by atoms with E-state index in [-0.39, 0.29) is 11.9 Å². The predicted octanol–water partition coefficient (Wildman–Crippen LogP) is 1.25. The minimum absolute atomic E-state index is 0.0489. The van der Waals surface area contributed by atoms with E-state index in [0.29, 0.717) is 43.4 Å². The van der Waals surface area contributed by atoms with Gasteiger partial charge in [0.2, 0.25) is 0 Å². The lowest BCUT2D eigenvalue weighted by Gasteiger charge is -2.40. The monoisotopic (exact) mass is 379 g/mol. The number of nitrogens with zero attached hydrogens (tertiary/aromatic N) is 2. The Hall–Kier alpha value is -1.77. The molecule has 3 aliphatic rings. The fraction of sp³-hybridized carbons (Fsp3) is 0.611. The first-order chi connectivity index (χ1) is 12.4. The lowest BCUT2D eigenvalue weighted by molar-refractivity contribution is -0.128. The van der Waals surface area contributed by atoms with Crippen LogP contribution in [0.25, 0.3) is 0 Å². The number of allylic oxidation sites excluding steroid dienone is 1. The van der Waals surface area contributed by atoms with Gasteiger partial charge < -0.3 is 14.8 Å². The number of hydrogen-bond donors (Lipinski definition) is 1. The second kappa shape index (κ2) is 7.85. The Kier molecular flexibility index (Phi) is 5.74. The zero-order valence-corrected chi connectivity index (χ0v) is 16.0. The standard InChI is InChI=1S/C18H25N3O4S/c1-13(26)19-11-15-12-21(17(23)25-15)14-3-4-16(22)18(2,6-5-14)20-7-9-24-10-8-20/h3-5,15H,6-12H2,1-2H3,(H,19,26)/t15-,18?/m0/s1. The maximum atomic E-state index is 12.8. The second-order valence-electron chi connectivity index (χ2n) is 6.96. The van der Waals surface area contributed by atoms with Gasteiger partial charge in [-0.25, -0.2) is 4.79 Å². The third-order valence-corrected chi connectivity index (χ3v) is 5.26. The maximum Gasteiger partial charge on any atom is 0.414 e. The molecule has 0 aromatic heterocycles. The molecule has 26 heavy (non-hydrogen) atoms. The number of nitrogens with one attached hydrogen (secondary N) is 1. The average molecular weight is 379 g/mol. The van der Waals surface area contributed by atoms with E-state index in [2.05, 4.69) is 10.2 Å². The van der Waals surface area contributed by atoms with E-state index in [1.54, 1.807) is 24.0 Å². The minimum Gasteiger partial charge on any atom is -0.442 e. The molecule has 1 amide bonds. The normalized spacial score (nSPS) is 30.0. The summed E-state index contributed by atoms with van der Waals surface area (Å²) in [6.45, 7) is 7.41. The summed E-state index contributed by atoms with van der Waals surface area (Å²) in [6, 6.07) is 0. The molecule has 0 radical (unpaired) electrons. The average Bonchev–Trinajstić information content (AvgIpc) is 2.93. The van der Waals surface area contributed by atoms with Crippen LogP contribution in [0, 0.1) is 0 Å². The van der Waals surface area contributed by atoms with Crippen LogP contribution in [0.3, 0.4) is 0 Å². The summed E-state index contributed by atoms with van der Waals surface area (Å²) >= 11 is 4.99. The van der Waals surface area contributed by atoms with Crippen LogP contribution in [0.15, 0.2) is 23.9 Å².